The first-order chi connectivity index (χ1) is 13.9. The molecule has 0 saturated carbocycles. The lowest BCUT2D eigenvalue weighted by Crippen LogP contribution is -2.44. The Kier molecular flexibility index (Phi) is 4.43. The summed E-state index contributed by atoms with van der Waals surface area (Å²) in [5.41, 5.74) is 2.44. The summed E-state index contributed by atoms with van der Waals surface area (Å²) < 4.78 is 59.4. The highest BCUT2D eigenvalue weighted by Crippen LogP contribution is 2.48. The van der Waals surface area contributed by atoms with Gasteiger partial charge < -0.3 is 20.3 Å². The van der Waals surface area contributed by atoms with Gasteiger partial charge in [0.1, 0.15) is 0 Å². The van der Waals surface area contributed by atoms with Crippen molar-refractivity contribution < 1.29 is 22.3 Å². The van der Waals surface area contributed by atoms with Crippen LogP contribution in [0, 0.1) is 5.82 Å². The summed E-state index contributed by atoms with van der Waals surface area (Å²) in [6.07, 6.45) is -3.71. The molecule has 1 fully saturated rings. The standard InChI is InChI=1S/C21H21F4N3O/c22-19-16(21(23,24)25)2-1-3-17(19)27-13-8-12-11-29-7-6-28-18-4-5-26-10-15(18)14(9-13)20(12)28/h1-3,8-9,15,18,26-27H,4-7,10-11H2/t15?,18-/m0/s1. The van der Waals surface area contributed by atoms with Crippen LogP contribution in [-0.2, 0) is 17.5 Å². The lowest BCUT2D eigenvalue weighted by molar-refractivity contribution is -0.139. The second-order valence-electron chi connectivity index (χ2n) is 7.78. The van der Waals surface area contributed by atoms with E-state index in [2.05, 4.69) is 15.5 Å². The minimum absolute atomic E-state index is 0.185. The molecule has 2 aromatic carbocycles. The molecule has 0 aliphatic carbocycles. The third kappa shape index (κ3) is 3.14. The van der Waals surface area contributed by atoms with Gasteiger partial charge in [-0.1, -0.05) is 6.07 Å². The normalized spacial score (nSPS) is 23.4. The largest absolute Gasteiger partial charge is 0.419 e. The van der Waals surface area contributed by atoms with Crippen molar-refractivity contribution in [2.24, 2.45) is 0 Å². The quantitative estimate of drug-likeness (QED) is 0.725. The van der Waals surface area contributed by atoms with Gasteiger partial charge in [-0.05, 0) is 42.8 Å². The van der Waals surface area contributed by atoms with E-state index in [0.717, 1.165) is 43.2 Å². The van der Waals surface area contributed by atoms with E-state index >= 15 is 0 Å². The fourth-order valence-corrected chi connectivity index (χ4v) is 4.86. The maximum Gasteiger partial charge on any atom is 0.419 e. The van der Waals surface area contributed by atoms with E-state index in [1.807, 2.05) is 12.1 Å². The second-order valence-corrected chi connectivity index (χ2v) is 7.78. The monoisotopic (exact) mass is 407 g/mol. The molecule has 0 bridgehead atoms. The smallest absolute Gasteiger partial charge is 0.375 e. The van der Waals surface area contributed by atoms with Crippen molar-refractivity contribution in [3.63, 3.8) is 0 Å². The van der Waals surface area contributed by atoms with Gasteiger partial charge in [0.15, 0.2) is 5.82 Å². The number of fused-ring (bicyclic) bond motifs is 3. The Morgan fingerprint density at radius 2 is 2.07 bits per heavy atom. The zero-order chi connectivity index (χ0) is 20.2. The highest BCUT2D eigenvalue weighted by atomic mass is 19.4. The van der Waals surface area contributed by atoms with Crippen LogP contribution in [0.3, 0.4) is 0 Å². The molecule has 0 radical (unpaired) electrons. The minimum atomic E-state index is -4.74. The minimum Gasteiger partial charge on any atom is -0.375 e. The molecule has 4 nitrogen and oxygen atoms in total. The molecule has 3 aliphatic heterocycles. The molecular formula is C21H21F4N3O. The number of benzene rings is 2. The van der Waals surface area contributed by atoms with Crippen LogP contribution < -0.4 is 15.5 Å². The topological polar surface area (TPSA) is 36.5 Å². The van der Waals surface area contributed by atoms with E-state index in [1.54, 1.807) is 0 Å². The molecule has 2 N–H and O–H groups in total. The van der Waals surface area contributed by atoms with Gasteiger partial charge in [-0.2, -0.15) is 13.2 Å². The number of nitrogens with zero attached hydrogens (tertiary/aromatic N) is 1. The molecular weight excluding hydrogens is 386 g/mol. The summed E-state index contributed by atoms with van der Waals surface area (Å²) in [6.45, 7) is 3.72. The van der Waals surface area contributed by atoms with E-state index < -0.39 is 17.6 Å². The predicted molar refractivity (Wildman–Crippen MR) is 102 cm³/mol. The molecule has 0 aromatic heterocycles. The molecule has 2 aromatic rings. The Morgan fingerprint density at radius 1 is 1.21 bits per heavy atom. The van der Waals surface area contributed by atoms with Gasteiger partial charge in [-0.25, -0.2) is 4.39 Å². The first kappa shape index (κ1) is 18.7. The Labute approximate surface area is 165 Å². The number of hydrogen-bond donors (Lipinski definition) is 2. The number of hydrogen-bond acceptors (Lipinski definition) is 4. The number of alkyl halides is 3. The van der Waals surface area contributed by atoms with Crippen molar-refractivity contribution in [3.8, 4) is 0 Å². The van der Waals surface area contributed by atoms with Crippen LogP contribution in [-0.4, -0.2) is 32.3 Å². The van der Waals surface area contributed by atoms with Gasteiger partial charge >= 0.3 is 6.18 Å². The zero-order valence-corrected chi connectivity index (χ0v) is 15.7. The van der Waals surface area contributed by atoms with Gasteiger partial charge in [-0.15, -0.1) is 0 Å². The van der Waals surface area contributed by atoms with Crippen molar-refractivity contribution in [3.05, 3.63) is 52.8 Å². The average Bonchev–Trinajstić information content (AvgIpc) is 2.84. The van der Waals surface area contributed by atoms with Crippen LogP contribution in [0.2, 0.25) is 0 Å². The summed E-state index contributed by atoms with van der Waals surface area (Å²) in [5.74, 6) is -0.981. The predicted octanol–water partition coefficient (Wildman–Crippen LogP) is 4.38. The molecule has 2 atom stereocenters. The highest BCUT2D eigenvalue weighted by molar-refractivity contribution is 5.74. The van der Waals surface area contributed by atoms with Crippen molar-refractivity contribution in [2.75, 3.05) is 36.5 Å². The summed E-state index contributed by atoms with van der Waals surface area (Å²) in [5, 5.41) is 6.31. The summed E-state index contributed by atoms with van der Waals surface area (Å²) in [6, 6.07) is 7.50. The maximum absolute atomic E-state index is 14.5. The second kappa shape index (κ2) is 6.88. The summed E-state index contributed by atoms with van der Waals surface area (Å²) >= 11 is 0. The lowest BCUT2D eigenvalue weighted by atomic mass is 9.89. The molecule has 154 valence electrons. The number of anilines is 3. The van der Waals surface area contributed by atoms with Gasteiger partial charge in [-0.3, -0.25) is 0 Å². The van der Waals surface area contributed by atoms with E-state index in [4.69, 9.17) is 4.74 Å². The van der Waals surface area contributed by atoms with Crippen LogP contribution in [0.15, 0.2) is 30.3 Å². The SMILES string of the molecule is Fc1c(Nc2cc3c4c(c2)C2CNCC[C@@H]2N4CCOC3)cccc1C(F)(F)F. The fraction of sp³-hybridized carbons (Fsp3) is 0.429. The zero-order valence-electron chi connectivity index (χ0n) is 15.7. The first-order valence-corrected chi connectivity index (χ1v) is 9.78. The van der Waals surface area contributed by atoms with Crippen molar-refractivity contribution >= 4 is 17.1 Å². The molecule has 3 heterocycles. The number of nitrogens with one attached hydrogen (secondary N) is 2. The molecule has 0 spiro atoms. The van der Waals surface area contributed by atoms with E-state index in [-0.39, 0.29) is 5.69 Å². The Morgan fingerprint density at radius 3 is 2.90 bits per heavy atom. The van der Waals surface area contributed by atoms with Gasteiger partial charge in [0.2, 0.25) is 0 Å². The lowest BCUT2D eigenvalue weighted by Gasteiger charge is -2.33. The molecule has 8 heteroatoms. The van der Waals surface area contributed by atoms with Crippen LogP contribution >= 0.6 is 0 Å². The van der Waals surface area contributed by atoms with E-state index in [9.17, 15) is 17.6 Å². The Balaban J connectivity index is 1.55. The van der Waals surface area contributed by atoms with Crippen molar-refractivity contribution in [2.45, 2.75) is 31.2 Å². The number of rotatable bonds is 2. The Bertz CT molecular complexity index is 946. The van der Waals surface area contributed by atoms with Crippen LogP contribution in [0.1, 0.15) is 29.0 Å². The van der Waals surface area contributed by atoms with Crippen LogP contribution in [0.5, 0.6) is 0 Å². The molecule has 0 amide bonds. The molecule has 1 unspecified atom stereocenters. The first-order valence-electron chi connectivity index (χ1n) is 9.78. The van der Waals surface area contributed by atoms with Crippen LogP contribution in [0.4, 0.5) is 34.6 Å². The van der Waals surface area contributed by atoms with Gasteiger partial charge in [0.25, 0.3) is 0 Å². The highest BCUT2D eigenvalue weighted by Gasteiger charge is 2.42. The molecule has 3 aliphatic rings. The molecule has 29 heavy (non-hydrogen) atoms. The molecule has 5 rings (SSSR count). The van der Waals surface area contributed by atoms with Crippen LogP contribution in [0.25, 0.3) is 0 Å². The Hall–Kier alpha value is -2.32. The van der Waals surface area contributed by atoms with Gasteiger partial charge in [0.05, 0.1) is 24.5 Å². The summed E-state index contributed by atoms with van der Waals surface area (Å²) in [7, 11) is 0. The molecule has 1 saturated heterocycles. The maximum atomic E-state index is 14.5. The number of halogens is 4. The van der Waals surface area contributed by atoms with E-state index in [0.29, 0.717) is 30.9 Å². The number of ether oxygens (including phenoxy) is 1. The van der Waals surface area contributed by atoms with Crippen molar-refractivity contribution in [1.82, 2.24) is 5.32 Å². The summed E-state index contributed by atoms with van der Waals surface area (Å²) in [4.78, 5) is 2.41. The number of piperidine rings is 1. The fourth-order valence-electron chi connectivity index (χ4n) is 4.86. The van der Waals surface area contributed by atoms with E-state index in [1.165, 1.54) is 17.8 Å². The van der Waals surface area contributed by atoms with Gasteiger partial charge in [0, 0.05) is 42.0 Å². The third-order valence-corrected chi connectivity index (χ3v) is 6.07. The average molecular weight is 407 g/mol. The van der Waals surface area contributed by atoms with Crippen molar-refractivity contribution in [1.29, 1.82) is 0 Å². The third-order valence-electron chi connectivity index (χ3n) is 6.07.